The van der Waals surface area contributed by atoms with E-state index < -0.39 is 10.0 Å². The lowest BCUT2D eigenvalue weighted by atomic mass is 10.1. The summed E-state index contributed by atoms with van der Waals surface area (Å²) in [5.74, 6) is 0.488. The zero-order valence-electron chi connectivity index (χ0n) is 17.1. The average molecular weight is 421 g/mol. The molecule has 0 aromatic heterocycles. The maximum absolute atomic E-state index is 12.8. The van der Waals surface area contributed by atoms with Gasteiger partial charge in [-0.1, -0.05) is 29.8 Å². The van der Waals surface area contributed by atoms with E-state index in [1.807, 2.05) is 36.1 Å². The SMILES string of the molecule is COCCNC(=O)N1CCCN(C2=NS(=O)(=O)C(c3ccc(C)cc3)=C2C)CC1. The van der Waals surface area contributed by atoms with E-state index >= 15 is 0 Å². The molecule has 0 radical (unpaired) electrons. The van der Waals surface area contributed by atoms with Crippen LogP contribution in [-0.2, 0) is 14.8 Å². The van der Waals surface area contributed by atoms with E-state index in [9.17, 15) is 13.2 Å². The van der Waals surface area contributed by atoms with Gasteiger partial charge in [-0.2, -0.15) is 8.42 Å². The Morgan fingerprint density at radius 2 is 1.86 bits per heavy atom. The van der Waals surface area contributed by atoms with Crippen molar-refractivity contribution >= 4 is 26.8 Å². The Balaban J connectivity index is 1.75. The van der Waals surface area contributed by atoms with Gasteiger partial charge in [-0.25, -0.2) is 4.79 Å². The number of sulfonamides is 1. The van der Waals surface area contributed by atoms with Crippen molar-refractivity contribution in [1.82, 2.24) is 15.1 Å². The third kappa shape index (κ3) is 4.79. The lowest BCUT2D eigenvalue weighted by Gasteiger charge is -2.24. The number of amides is 2. The summed E-state index contributed by atoms with van der Waals surface area (Å²) in [5, 5.41) is 2.83. The van der Waals surface area contributed by atoms with Crippen molar-refractivity contribution in [2.24, 2.45) is 4.40 Å². The normalized spacial score (nSPS) is 19.2. The van der Waals surface area contributed by atoms with Gasteiger partial charge in [0.2, 0.25) is 0 Å². The fraction of sp³-hybridized carbons (Fsp3) is 0.500. The van der Waals surface area contributed by atoms with Gasteiger partial charge in [-0.15, -0.1) is 4.40 Å². The summed E-state index contributed by atoms with van der Waals surface area (Å²) >= 11 is 0. The Kier molecular flexibility index (Phi) is 6.59. The molecule has 158 valence electrons. The Bertz CT molecular complexity index is 922. The van der Waals surface area contributed by atoms with Crippen LogP contribution < -0.4 is 5.32 Å². The molecular weight excluding hydrogens is 392 g/mol. The highest BCUT2D eigenvalue weighted by molar-refractivity contribution is 8.00. The summed E-state index contributed by atoms with van der Waals surface area (Å²) in [6.07, 6.45) is 0.740. The Morgan fingerprint density at radius 3 is 2.55 bits per heavy atom. The third-order valence-corrected chi connectivity index (χ3v) is 6.59. The van der Waals surface area contributed by atoms with Crippen LogP contribution in [0.25, 0.3) is 4.91 Å². The molecule has 1 fully saturated rings. The monoisotopic (exact) mass is 420 g/mol. The number of rotatable bonds is 4. The molecule has 0 atom stereocenters. The molecular formula is C20H28N4O4S. The molecule has 2 aliphatic heterocycles. The number of hydrogen-bond acceptors (Lipinski definition) is 5. The van der Waals surface area contributed by atoms with Crippen LogP contribution in [0.15, 0.2) is 34.2 Å². The summed E-state index contributed by atoms with van der Waals surface area (Å²) in [4.78, 5) is 16.3. The minimum Gasteiger partial charge on any atom is -0.383 e. The second-order valence-electron chi connectivity index (χ2n) is 7.26. The number of urea groups is 1. The van der Waals surface area contributed by atoms with Crippen molar-refractivity contribution in [3.8, 4) is 0 Å². The van der Waals surface area contributed by atoms with E-state index in [0.29, 0.717) is 56.3 Å². The van der Waals surface area contributed by atoms with Crippen molar-refractivity contribution in [2.45, 2.75) is 20.3 Å². The van der Waals surface area contributed by atoms with Crippen LogP contribution in [0.3, 0.4) is 0 Å². The van der Waals surface area contributed by atoms with Gasteiger partial charge >= 0.3 is 6.03 Å². The molecule has 2 amide bonds. The fourth-order valence-corrected chi connectivity index (χ4v) is 5.08. The lowest BCUT2D eigenvalue weighted by molar-refractivity contribution is 0.181. The fourth-order valence-electron chi connectivity index (χ4n) is 3.59. The average Bonchev–Trinajstić information content (AvgIpc) is 2.84. The van der Waals surface area contributed by atoms with Gasteiger partial charge in [-0.3, -0.25) is 0 Å². The molecule has 29 heavy (non-hydrogen) atoms. The zero-order valence-corrected chi connectivity index (χ0v) is 18.0. The minimum atomic E-state index is -3.74. The molecule has 0 saturated carbocycles. The third-order valence-electron chi connectivity index (χ3n) is 5.12. The van der Waals surface area contributed by atoms with Crippen molar-refractivity contribution in [3.63, 3.8) is 0 Å². The van der Waals surface area contributed by atoms with Gasteiger partial charge in [0.1, 0.15) is 10.7 Å². The van der Waals surface area contributed by atoms with E-state index in [1.165, 1.54) is 0 Å². The number of carbonyl (C=O) groups is 1. The number of hydrogen-bond donors (Lipinski definition) is 1. The van der Waals surface area contributed by atoms with Crippen LogP contribution in [0.1, 0.15) is 24.5 Å². The topological polar surface area (TPSA) is 91.3 Å². The van der Waals surface area contributed by atoms with Gasteiger partial charge in [0.25, 0.3) is 10.0 Å². The molecule has 0 unspecified atom stereocenters. The summed E-state index contributed by atoms with van der Waals surface area (Å²) in [6.45, 7) is 6.99. The number of aryl methyl sites for hydroxylation is 1. The molecule has 1 aromatic carbocycles. The first-order valence-corrected chi connectivity index (χ1v) is 11.2. The summed E-state index contributed by atoms with van der Waals surface area (Å²) in [7, 11) is -2.15. The maximum Gasteiger partial charge on any atom is 0.317 e. The second-order valence-corrected chi connectivity index (χ2v) is 8.80. The van der Waals surface area contributed by atoms with Crippen LogP contribution in [0.5, 0.6) is 0 Å². The predicted octanol–water partition coefficient (Wildman–Crippen LogP) is 1.83. The maximum atomic E-state index is 12.8. The highest BCUT2D eigenvalue weighted by Crippen LogP contribution is 2.33. The van der Waals surface area contributed by atoms with E-state index in [4.69, 9.17) is 4.74 Å². The molecule has 9 heteroatoms. The van der Waals surface area contributed by atoms with E-state index in [-0.39, 0.29) is 10.9 Å². The smallest absolute Gasteiger partial charge is 0.317 e. The van der Waals surface area contributed by atoms with E-state index in [0.717, 1.165) is 12.0 Å². The van der Waals surface area contributed by atoms with Crippen LogP contribution >= 0.6 is 0 Å². The molecule has 1 saturated heterocycles. The minimum absolute atomic E-state index is 0.127. The molecule has 0 aliphatic carbocycles. The van der Waals surface area contributed by atoms with Crippen molar-refractivity contribution in [1.29, 1.82) is 0 Å². The zero-order chi connectivity index (χ0) is 21.0. The standard InChI is InChI=1S/C20H28N4O4S/c1-15-5-7-17(8-6-15)18-16(2)19(22-29(18,26)27)23-10-4-11-24(13-12-23)20(25)21-9-14-28-3/h5-8H,4,9-14H2,1-3H3,(H,21,25). The van der Waals surface area contributed by atoms with Crippen molar-refractivity contribution in [2.75, 3.05) is 46.4 Å². The summed E-state index contributed by atoms with van der Waals surface area (Å²) in [6, 6.07) is 7.30. The Morgan fingerprint density at radius 1 is 1.14 bits per heavy atom. The number of nitrogens with zero attached hydrogens (tertiary/aromatic N) is 3. The molecule has 1 N–H and O–H groups in total. The highest BCUT2D eigenvalue weighted by atomic mass is 32.2. The summed E-state index contributed by atoms with van der Waals surface area (Å²) < 4.78 is 34.6. The first kappa shape index (κ1) is 21.3. The first-order valence-electron chi connectivity index (χ1n) is 9.73. The number of amidine groups is 1. The second kappa shape index (κ2) is 8.96. The van der Waals surface area contributed by atoms with E-state index in [2.05, 4.69) is 9.71 Å². The van der Waals surface area contributed by atoms with Crippen LogP contribution in [-0.4, -0.2) is 76.5 Å². The van der Waals surface area contributed by atoms with Gasteiger partial charge in [-0.05, 0) is 25.8 Å². The van der Waals surface area contributed by atoms with Crippen LogP contribution in [0, 0.1) is 6.92 Å². The number of ether oxygens (including phenoxy) is 1. The molecule has 3 rings (SSSR count). The van der Waals surface area contributed by atoms with Crippen molar-refractivity contribution in [3.05, 3.63) is 41.0 Å². The molecule has 0 bridgehead atoms. The summed E-state index contributed by atoms with van der Waals surface area (Å²) in [5.41, 5.74) is 2.38. The molecule has 0 spiro atoms. The molecule has 2 aliphatic rings. The van der Waals surface area contributed by atoms with Crippen LogP contribution in [0.4, 0.5) is 4.79 Å². The molecule has 2 heterocycles. The van der Waals surface area contributed by atoms with Gasteiger partial charge in [0.05, 0.1) is 6.61 Å². The Labute approximate surface area is 172 Å². The number of methoxy groups -OCH3 is 1. The van der Waals surface area contributed by atoms with Gasteiger partial charge in [0.15, 0.2) is 0 Å². The quantitative estimate of drug-likeness (QED) is 0.751. The number of carbonyl (C=O) groups excluding carboxylic acids is 1. The van der Waals surface area contributed by atoms with E-state index in [1.54, 1.807) is 18.9 Å². The predicted molar refractivity (Wildman–Crippen MR) is 113 cm³/mol. The lowest BCUT2D eigenvalue weighted by Crippen LogP contribution is -2.43. The number of benzene rings is 1. The van der Waals surface area contributed by atoms with Gasteiger partial charge < -0.3 is 19.9 Å². The Hall–Kier alpha value is -2.39. The molecule has 1 aromatic rings. The largest absolute Gasteiger partial charge is 0.383 e. The van der Waals surface area contributed by atoms with Gasteiger partial charge in [0, 0.05) is 45.4 Å². The van der Waals surface area contributed by atoms with Crippen LogP contribution in [0.2, 0.25) is 0 Å². The molecule has 8 nitrogen and oxygen atoms in total. The number of nitrogens with one attached hydrogen (secondary N) is 1. The highest BCUT2D eigenvalue weighted by Gasteiger charge is 2.34. The van der Waals surface area contributed by atoms with Crippen molar-refractivity contribution < 1.29 is 17.9 Å². The first-order chi connectivity index (χ1) is 13.8.